The average molecular weight is 339 g/mol. The number of halogens is 1. The lowest BCUT2D eigenvalue weighted by atomic mass is 9.96. The number of ether oxygens (including phenoxy) is 1. The van der Waals surface area contributed by atoms with Gasteiger partial charge < -0.3 is 15.5 Å². The number of nitrogens with two attached hydrogens (primary N) is 1. The number of rotatable bonds is 1. The number of nitrogens with one attached hydrogen (secondary N) is 1. The molecule has 0 fully saturated rings. The van der Waals surface area contributed by atoms with Crippen molar-refractivity contribution in [2.75, 3.05) is 12.8 Å². The van der Waals surface area contributed by atoms with Gasteiger partial charge in [0.05, 0.1) is 23.5 Å². The predicted octanol–water partition coefficient (Wildman–Crippen LogP) is 3.69. The van der Waals surface area contributed by atoms with Gasteiger partial charge in [-0.25, -0.2) is 14.4 Å². The number of H-pyrrole nitrogens is 1. The molecule has 3 N–H and O–H groups in total. The van der Waals surface area contributed by atoms with Crippen molar-refractivity contribution < 1.29 is 9.13 Å². The molecule has 0 saturated carbocycles. The number of aromatic nitrogens is 4. The van der Waals surface area contributed by atoms with Crippen molar-refractivity contribution in [3.8, 4) is 5.88 Å². The number of nitrogens with zero attached hydrogens (tertiary/aromatic N) is 3. The van der Waals surface area contributed by atoms with E-state index in [0.29, 0.717) is 22.2 Å². The number of aromatic amines is 1. The fraction of sp³-hybridized carbons (Fsp3) is 0.278. The van der Waals surface area contributed by atoms with E-state index in [4.69, 9.17) is 15.5 Å². The molecule has 0 aliphatic rings. The first-order chi connectivity index (χ1) is 11.8. The number of hydrogen-bond donors (Lipinski definition) is 2. The Labute approximate surface area is 143 Å². The highest BCUT2D eigenvalue weighted by Gasteiger charge is 2.23. The molecule has 2 aromatic carbocycles. The molecule has 128 valence electrons. The maximum absolute atomic E-state index is 13.9. The van der Waals surface area contributed by atoms with Crippen LogP contribution in [0.25, 0.3) is 32.7 Å². The number of methoxy groups -OCH3 is 1. The second kappa shape index (κ2) is 5.02. The highest BCUT2D eigenvalue weighted by Crippen LogP contribution is 2.38. The molecule has 4 aromatic rings. The lowest BCUT2D eigenvalue weighted by molar-refractivity contribution is 0.404. The first kappa shape index (κ1) is 15.6. The molecular weight excluding hydrogens is 321 g/mol. The minimum absolute atomic E-state index is 0.0910. The van der Waals surface area contributed by atoms with Gasteiger partial charge in [-0.2, -0.15) is 4.98 Å². The highest BCUT2D eigenvalue weighted by atomic mass is 19.1. The van der Waals surface area contributed by atoms with Crippen LogP contribution in [0.3, 0.4) is 0 Å². The fourth-order valence-corrected chi connectivity index (χ4v) is 3.05. The van der Waals surface area contributed by atoms with Gasteiger partial charge in [0.1, 0.15) is 17.2 Å². The largest absolute Gasteiger partial charge is 0.480 e. The molecule has 0 aliphatic heterocycles. The van der Waals surface area contributed by atoms with Crippen LogP contribution in [0.15, 0.2) is 18.2 Å². The van der Waals surface area contributed by atoms with Crippen LogP contribution in [-0.2, 0) is 5.41 Å². The summed E-state index contributed by atoms with van der Waals surface area (Å²) in [6, 6.07) is 4.59. The number of benzene rings is 2. The van der Waals surface area contributed by atoms with E-state index in [-0.39, 0.29) is 17.2 Å². The minimum atomic E-state index is -0.349. The molecule has 0 bridgehead atoms. The van der Waals surface area contributed by atoms with Crippen LogP contribution in [0.5, 0.6) is 5.88 Å². The maximum Gasteiger partial charge on any atom is 0.226 e. The zero-order valence-electron chi connectivity index (χ0n) is 14.4. The van der Waals surface area contributed by atoms with Crippen molar-refractivity contribution in [1.82, 2.24) is 19.9 Å². The van der Waals surface area contributed by atoms with Crippen molar-refractivity contribution in [1.29, 1.82) is 0 Å². The van der Waals surface area contributed by atoms with Crippen molar-refractivity contribution >= 4 is 38.7 Å². The van der Waals surface area contributed by atoms with E-state index >= 15 is 0 Å². The number of anilines is 1. The van der Waals surface area contributed by atoms with Crippen LogP contribution < -0.4 is 10.5 Å². The topological polar surface area (TPSA) is 89.7 Å². The Balaban J connectivity index is 2.32. The summed E-state index contributed by atoms with van der Waals surface area (Å²) >= 11 is 0. The van der Waals surface area contributed by atoms with Gasteiger partial charge in [-0.15, -0.1) is 0 Å². The van der Waals surface area contributed by atoms with E-state index in [0.717, 1.165) is 22.2 Å². The Morgan fingerprint density at radius 1 is 1.08 bits per heavy atom. The van der Waals surface area contributed by atoms with E-state index in [1.807, 2.05) is 0 Å². The molecule has 6 nitrogen and oxygen atoms in total. The SMILES string of the molecule is COc1nc(N)nc2c3[nH]c(C(C)(C)C)nc3c3ccc(F)cc3c12. The van der Waals surface area contributed by atoms with Gasteiger partial charge in [0, 0.05) is 16.2 Å². The molecule has 4 rings (SSSR count). The van der Waals surface area contributed by atoms with E-state index in [2.05, 4.69) is 35.7 Å². The molecule has 0 amide bonds. The number of fused-ring (bicyclic) bond motifs is 6. The molecule has 2 heterocycles. The Hall–Kier alpha value is -2.96. The van der Waals surface area contributed by atoms with E-state index in [9.17, 15) is 4.39 Å². The molecule has 0 unspecified atom stereocenters. The van der Waals surface area contributed by atoms with Gasteiger partial charge in [0.25, 0.3) is 0 Å². The third-order valence-electron chi connectivity index (χ3n) is 4.24. The highest BCUT2D eigenvalue weighted by molar-refractivity contribution is 6.23. The quantitative estimate of drug-likeness (QED) is 0.516. The molecule has 0 spiro atoms. The molecule has 0 aliphatic carbocycles. The van der Waals surface area contributed by atoms with Crippen LogP contribution in [0, 0.1) is 5.82 Å². The van der Waals surface area contributed by atoms with Crippen LogP contribution in [0.1, 0.15) is 26.6 Å². The number of nitrogen functional groups attached to an aromatic ring is 1. The van der Waals surface area contributed by atoms with E-state index in [1.165, 1.54) is 19.2 Å². The third-order valence-corrected chi connectivity index (χ3v) is 4.24. The first-order valence-electron chi connectivity index (χ1n) is 7.92. The second-order valence-electron chi connectivity index (χ2n) is 7.06. The molecule has 2 aromatic heterocycles. The van der Waals surface area contributed by atoms with E-state index < -0.39 is 0 Å². The van der Waals surface area contributed by atoms with Crippen LogP contribution in [0.4, 0.5) is 10.3 Å². The van der Waals surface area contributed by atoms with Crippen molar-refractivity contribution in [2.45, 2.75) is 26.2 Å². The van der Waals surface area contributed by atoms with Crippen LogP contribution in [0.2, 0.25) is 0 Å². The second-order valence-corrected chi connectivity index (χ2v) is 7.06. The predicted molar refractivity (Wildman–Crippen MR) is 96.3 cm³/mol. The van der Waals surface area contributed by atoms with Gasteiger partial charge in [0.15, 0.2) is 0 Å². The van der Waals surface area contributed by atoms with Crippen LogP contribution >= 0.6 is 0 Å². The summed E-state index contributed by atoms with van der Waals surface area (Å²) in [6.45, 7) is 6.20. The third kappa shape index (κ3) is 2.26. The van der Waals surface area contributed by atoms with Gasteiger partial charge >= 0.3 is 0 Å². The summed E-state index contributed by atoms with van der Waals surface area (Å²) in [6.07, 6.45) is 0. The summed E-state index contributed by atoms with van der Waals surface area (Å²) in [5.41, 5.74) is 7.71. The molecule has 0 saturated heterocycles. The lowest BCUT2D eigenvalue weighted by Gasteiger charge is -2.13. The van der Waals surface area contributed by atoms with Gasteiger partial charge in [0.2, 0.25) is 11.8 Å². The van der Waals surface area contributed by atoms with Crippen molar-refractivity contribution in [2.24, 2.45) is 0 Å². The number of hydrogen-bond acceptors (Lipinski definition) is 5. The zero-order chi connectivity index (χ0) is 17.9. The lowest BCUT2D eigenvalue weighted by Crippen LogP contribution is -2.13. The molecule has 0 atom stereocenters. The van der Waals surface area contributed by atoms with E-state index in [1.54, 1.807) is 6.07 Å². The Morgan fingerprint density at radius 3 is 2.52 bits per heavy atom. The molecular formula is C18H18FN5O. The standard InChI is InChI=1S/C18H18FN5O/c1-18(2,3)16-21-12-9-6-5-8(19)7-10(9)11-13(14(12)22-16)23-17(20)24-15(11)25-4/h5-7H,1-4H3,(H,21,22)(H2,20,23,24). The van der Waals surface area contributed by atoms with Crippen molar-refractivity contribution in [3.63, 3.8) is 0 Å². The summed E-state index contributed by atoms with van der Waals surface area (Å²) in [4.78, 5) is 16.6. The van der Waals surface area contributed by atoms with Gasteiger partial charge in [-0.05, 0) is 18.2 Å². The Morgan fingerprint density at radius 2 is 1.84 bits per heavy atom. The van der Waals surface area contributed by atoms with Gasteiger partial charge in [-0.3, -0.25) is 0 Å². The Kier molecular flexibility index (Phi) is 3.12. The summed E-state index contributed by atoms with van der Waals surface area (Å²) in [7, 11) is 1.50. The molecule has 0 radical (unpaired) electrons. The Bertz CT molecular complexity index is 1140. The molecule has 7 heteroatoms. The average Bonchev–Trinajstić information content (AvgIpc) is 2.99. The van der Waals surface area contributed by atoms with Crippen LogP contribution in [-0.4, -0.2) is 27.0 Å². The first-order valence-corrected chi connectivity index (χ1v) is 7.92. The minimum Gasteiger partial charge on any atom is -0.480 e. The summed E-state index contributed by atoms with van der Waals surface area (Å²) in [5.74, 6) is 0.871. The number of imidazole rings is 1. The summed E-state index contributed by atoms with van der Waals surface area (Å²) in [5, 5.41) is 2.07. The fourth-order valence-electron chi connectivity index (χ4n) is 3.05. The van der Waals surface area contributed by atoms with Crippen molar-refractivity contribution in [3.05, 3.63) is 29.8 Å². The monoisotopic (exact) mass is 339 g/mol. The normalized spacial score (nSPS) is 12.4. The molecule has 25 heavy (non-hydrogen) atoms. The summed E-state index contributed by atoms with van der Waals surface area (Å²) < 4.78 is 19.3. The zero-order valence-corrected chi connectivity index (χ0v) is 14.4. The van der Waals surface area contributed by atoms with Gasteiger partial charge in [-0.1, -0.05) is 20.8 Å². The smallest absolute Gasteiger partial charge is 0.226 e. The maximum atomic E-state index is 13.9.